The third kappa shape index (κ3) is 5.58. The van der Waals surface area contributed by atoms with Crippen LogP contribution in [0.25, 0.3) is 0 Å². The molecule has 0 saturated carbocycles. The predicted molar refractivity (Wildman–Crippen MR) is 155 cm³/mol. The topological polar surface area (TPSA) is 90.5 Å². The summed E-state index contributed by atoms with van der Waals surface area (Å²) in [6.07, 6.45) is 0.119. The molecule has 1 atom stereocenters. The van der Waals surface area contributed by atoms with E-state index in [2.05, 4.69) is 58.3 Å². The molecule has 41 heavy (non-hydrogen) atoms. The van der Waals surface area contributed by atoms with Crippen LogP contribution < -0.4 is 4.90 Å². The molecule has 0 aliphatic carbocycles. The van der Waals surface area contributed by atoms with Crippen molar-refractivity contribution in [2.75, 3.05) is 57.4 Å². The number of benzene rings is 3. The van der Waals surface area contributed by atoms with Crippen molar-refractivity contribution in [1.29, 1.82) is 0 Å². The number of hydrogen-bond acceptors (Lipinski definition) is 7. The number of sulfonamides is 1. The lowest BCUT2D eigenvalue weighted by Gasteiger charge is -2.41. The smallest absolute Gasteiger partial charge is 0.251 e. The Kier molecular flexibility index (Phi) is 8.01. The van der Waals surface area contributed by atoms with Crippen molar-refractivity contribution in [2.24, 2.45) is 0 Å². The van der Waals surface area contributed by atoms with Crippen LogP contribution in [0, 0.1) is 0 Å². The molecule has 0 aromatic heterocycles. The summed E-state index contributed by atoms with van der Waals surface area (Å²) < 4.78 is 32.6. The van der Waals surface area contributed by atoms with Crippen molar-refractivity contribution in [3.05, 3.63) is 96.1 Å². The maximum absolute atomic E-state index is 13.5. The van der Waals surface area contributed by atoms with Gasteiger partial charge in [-0.2, -0.15) is 4.31 Å². The fraction of sp³-hybridized carbons (Fsp3) is 0.355. The minimum Gasteiger partial charge on any atom is -0.379 e. The maximum atomic E-state index is 13.5. The number of carbonyl (C=O) groups is 2. The highest BCUT2D eigenvalue weighted by atomic mass is 32.2. The number of amides is 2. The summed E-state index contributed by atoms with van der Waals surface area (Å²) in [7, 11) is -3.66. The van der Waals surface area contributed by atoms with Crippen LogP contribution in [0.1, 0.15) is 23.6 Å². The van der Waals surface area contributed by atoms with Crippen LogP contribution in [-0.4, -0.2) is 92.9 Å². The number of anilines is 1. The second kappa shape index (κ2) is 11.8. The third-order valence-electron chi connectivity index (χ3n) is 8.21. The molecule has 0 radical (unpaired) electrons. The number of rotatable bonds is 7. The van der Waals surface area contributed by atoms with E-state index in [4.69, 9.17) is 4.74 Å². The Balaban J connectivity index is 1.13. The van der Waals surface area contributed by atoms with Gasteiger partial charge in [0.1, 0.15) is 0 Å². The minimum atomic E-state index is -3.66. The zero-order chi connectivity index (χ0) is 28.4. The molecule has 3 aliphatic rings. The average molecular weight is 575 g/mol. The predicted octanol–water partition coefficient (Wildman–Crippen LogP) is 2.75. The van der Waals surface area contributed by atoms with E-state index in [1.807, 2.05) is 12.1 Å². The second-order valence-corrected chi connectivity index (χ2v) is 12.5. The molecular weight excluding hydrogens is 540 g/mol. The van der Waals surface area contributed by atoms with Gasteiger partial charge in [-0.3, -0.25) is 19.4 Å². The van der Waals surface area contributed by atoms with Crippen LogP contribution in [0.5, 0.6) is 0 Å². The van der Waals surface area contributed by atoms with E-state index in [0.29, 0.717) is 45.1 Å². The summed E-state index contributed by atoms with van der Waals surface area (Å²) in [6, 6.07) is 26.5. The molecule has 3 saturated heterocycles. The molecule has 3 heterocycles. The van der Waals surface area contributed by atoms with Gasteiger partial charge in [0.25, 0.3) is 5.91 Å². The molecule has 3 aliphatic heterocycles. The van der Waals surface area contributed by atoms with Crippen LogP contribution in [0.15, 0.2) is 89.8 Å². The molecule has 3 aromatic carbocycles. The van der Waals surface area contributed by atoms with Gasteiger partial charge in [0, 0.05) is 39.3 Å². The quantitative estimate of drug-likeness (QED) is 0.401. The SMILES string of the molecule is O=C1C[C@H](N2CCN(C(c3ccccc3)c3ccccc3)CC2)C(=O)N1c1ccc(S(=O)(=O)N2CCOCC2)cc1. The Labute approximate surface area is 241 Å². The van der Waals surface area contributed by atoms with Gasteiger partial charge < -0.3 is 4.74 Å². The van der Waals surface area contributed by atoms with Crippen molar-refractivity contribution >= 4 is 27.5 Å². The van der Waals surface area contributed by atoms with Gasteiger partial charge in [-0.25, -0.2) is 13.3 Å². The van der Waals surface area contributed by atoms with Crippen LogP contribution in [0.4, 0.5) is 5.69 Å². The van der Waals surface area contributed by atoms with Crippen molar-refractivity contribution < 1.29 is 22.7 Å². The van der Waals surface area contributed by atoms with E-state index >= 15 is 0 Å². The number of nitrogens with zero attached hydrogens (tertiary/aromatic N) is 4. The molecule has 3 aromatic rings. The Morgan fingerprint density at radius 1 is 0.707 bits per heavy atom. The summed E-state index contributed by atoms with van der Waals surface area (Å²) in [6.45, 7) is 4.21. The standard InChI is InChI=1S/C31H34N4O5S/c36-29-23-28(31(37)35(29)26-11-13-27(14-12-26)41(38,39)34-19-21-40-22-20-34)32-15-17-33(18-16-32)30(24-7-3-1-4-8-24)25-9-5-2-6-10-25/h1-14,28,30H,15-23H2/t28-/m0/s1. The minimum absolute atomic E-state index is 0.115. The number of imide groups is 1. The van der Waals surface area contributed by atoms with Crippen molar-refractivity contribution in [3.8, 4) is 0 Å². The molecular formula is C31H34N4O5S. The number of ether oxygens (including phenoxy) is 1. The molecule has 0 bridgehead atoms. The third-order valence-corrected chi connectivity index (χ3v) is 10.1. The van der Waals surface area contributed by atoms with Crippen molar-refractivity contribution in [3.63, 3.8) is 0 Å². The lowest BCUT2D eigenvalue weighted by Crippen LogP contribution is -2.53. The van der Waals surface area contributed by atoms with E-state index in [1.165, 1.54) is 32.5 Å². The van der Waals surface area contributed by atoms with E-state index in [0.717, 1.165) is 13.1 Å². The zero-order valence-corrected chi connectivity index (χ0v) is 23.7. The molecule has 9 nitrogen and oxygen atoms in total. The van der Waals surface area contributed by atoms with Gasteiger partial charge in [0.2, 0.25) is 15.9 Å². The first-order chi connectivity index (χ1) is 19.9. The number of morpholine rings is 1. The first-order valence-corrected chi connectivity index (χ1v) is 15.5. The summed E-state index contributed by atoms with van der Waals surface area (Å²) in [5.74, 6) is -0.521. The van der Waals surface area contributed by atoms with Crippen LogP contribution in [-0.2, 0) is 24.3 Å². The number of hydrogen-bond donors (Lipinski definition) is 0. The zero-order valence-electron chi connectivity index (χ0n) is 22.8. The maximum Gasteiger partial charge on any atom is 0.251 e. The van der Waals surface area contributed by atoms with Crippen molar-refractivity contribution in [2.45, 2.75) is 23.4 Å². The number of carbonyl (C=O) groups excluding carboxylic acids is 2. The number of piperazine rings is 1. The molecule has 0 unspecified atom stereocenters. The lowest BCUT2D eigenvalue weighted by atomic mass is 9.96. The van der Waals surface area contributed by atoms with Crippen molar-refractivity contribution in [1.82, 2.24) is 14.1 Å². The summed E-state index contributed by atoms with van der Waals surface area (Å²) in [5.41, 5.74) is 2.85. The Morgan fingerprint density at radius 2 is 1.27 bits per heavy atom. The lowest BCUT2D eigenvalue weighted by molar-refractivity contribution is -0.123. The molecule has 6 rings (SSSR count). The fourth-order valence-electron chi connectivity index (χ4n) is 6.07. The van der Waals surface area contributed by atoms with Gasteiger partial charge in [-0.05, 0) is 35.4 Å². The highest BCUT2D eigenvalue weighted by Gasteiger charge is 2.44. The summed E-state index contributed by atoms with van der Waals surface area (Å²) in [5, 5.41) is 0. The molecule has 214 valence electrons. The van der Waals surface area contributed by atoms with E-state index < -0.39 is 16.1 Å². The summed E-state index contributed by atoms with van der Waals surface area (Å²) in [4.78, 5) is 32.4. The average Bonchev–Trinajstić information content (AvgIpc) is 3.32. The Morgan fingerprint density at radius 3 is 1.83 bits per heavy atom. The second-order valence-electron chi connectivity index (χ2n) is 10.6. The first-order valence-electron chi connectivity index (χ1n) is 14.1. The van der Waals surface area contributed by atoms with Gasteiger partial charge in [0.15, 0.2) is 0 Å². The molecule has 2 amide bonds. The van der Waals surface area contributed by atoms with Gasteiger partial charge in [0.05, 0.1) is 42.3 Å². The first kappa shape index (κ1) is 27.7. The van der Waals surface area contributed by atoms with Crippen LogP contribution in [0.3, 0.4) is 0 Å². The monoisotopic (exact) mass is 574 g/mol. The Hall–Kier alpha value is -3.41. The fourth-order valence-corrected chi connectivity index (χ4v) is 7.48. The van der Waals surface area contributed by atoms with E-state index in [9.17, 15) is 18.0 Å². The molecule has 0 N–H and O–H groups in total. The highest BCUT2D eigenvalue weighted by molar-refractivity contribution is 7.89. The molecule has 10 heteroatoms. The molecule has 3 fully saturated rings. The molecule has 0 spiro atoms. The Bertz CT molecular complexity index is 1430. The largest absolute Gasteiger partial charge is 0.379 e. The van der Waals surface area contributed by atoms with Gasteiger partial charge in [-0.1, -0.05) is 60.7 Å². The normalized spacial score (nSPS) is 21.6. The summed E-state index contributed by atoms with van der Waals surface area (Å²) >= 11 is 0. The van der Waals surface area contributed by atoms with Gasteiger partial charge in [-0.15, -0.1) is 0 Å². The van der Waals surface area contributed by atoms with Crippen LogP contribution >= 0.6 is 0 Å². The van der Waals surface area contributed by atoms with Gasteiger partial charge >= 0.3 is 0 Å². The highest BCUT2D eigenvalue weighted by Crippen LogP contribution is 2.32. The van der Waals surface area contributed by atoms with Crippen LogP contribution in [0.2, 0.25) is 0 Å². The van der Waals surface area contributed by atoms with E-state index in [1.54, 1.807) is 12.1 Å². The van der Waals surface area contributed by atoms with E-state index in [-0.39, 0.29) is 29.2 Å².